The van der Waals surface area contributed by atoms with E-state index >= 15 is 0 Å². The minimum atomic E-state index is -1.28. The molecule has 6 nitrogen and oxygen atoms in total. The minimum Gasteiger partial charge on any atom is -0.480 e. The van der Waals surface area contributed by atoms with Crippen molar-refractivity contribution in [1.82, 2.24) is 5.48 Å². The molecule has 11 heavy (non-hydrogen) atoms. The molecule has 0 aliphatic rings. The summed E-state index contributed by atoms with van der Waals surface area (Å²) in [6, 6.07) is -1.26. The van der Waals surface area contributed by atoms with Gasteiger partial charge in [0.05, 0.1) is 6.61 Å². The summed E-state index contributed by atoms with van der Waals surface area (Å²) >= 11 is 0. The van der Waals surface area contributed by atoms with Gasteiger partial charge in [-0.05, 0) is 0 Å². The molecule has 6 heteroatoms. The predicted molar refractivity (Wildman–Crippen MR) is 33.4 cm³/mol. The Morgan fingerprint density at radius 2 is 2.18 bits per heavy atom. The van der Waals surface area contributed by atoms with Crippen LogP contribution in [0.5, 0.6) is 0 Å². The second-order valence-corrected chi connectivity index (χ2v) is 1.78. The van der Waals surface area contributed by atoms with Gasteiger partial charge in [-0.2, -0.15) is 0 Å². The first-order valence-electron chi connectivity index (χ1n) is 2.84. The fourth-order valence-electron chi connectivity index (χ4n) is 0.320. The molecule has 0 spiro atoms. The van der Waals surface area contributed by atoms with Crippen molar-refractivity contribution in [2.45, 2.75) is 13.0 Å². The van der Waals surface area contributed by atoms with Crippen molar-refractivity contribution < 1.29 is 24.6 Å². The van der Waals surface area contributed by atoms with E-state index < -0.39 is 24.6 Å². The molecule has 0 aromatic rings. The molecular formula is C5H9NO5. The quantitative estimate of drug-likeness (QED) is 0.436. The molecule has 0 saturated carbocycles. The normalized spacial score (nSPS) is 12.2. The Kier molecular flexibility index (Phi) is 4.16. The maximum atomic E-state index is 10.1. The number of aliphatic carboxylic acids is 1. The number of hydrogen-bond acceptors (Lipinski definition) is 5. The Labute approximate surface area is 62.7 Å². The van der Waals surface area contributed by atoms with E-state index in [0.717, 1.165) is 6.92 Å². The molecule has 0 heterocycles. The van der Waals surface area contributed by atoms with Gasteiger partial charge in [0, 0.05) is 6.92 Å². The van der Waals surface area contributed by atoms with Crippen LogP contribution in [0.3, 0.4) is 0 Å². The lowest BCUT2D eigenvalue weighted by atomic mass is 10.3. The fourth-order valence-corrected chi connectivity index (χ4v) is 0.320. The van der Waals surface area contributed by atoms with E-state index in [2.05, 4.69) is 4.84 Å². The van der Waals surface area contributed by atoms with Crippen molar-refractivity contribution in [3.05, 3.63) is 0 Å². The molecule has 0 aliphatic carbocycles. The standard InChI is InChI=1S/C5H9NO5/c1-3(8)11-6-4(2-7)5(9)10/h4,6-7H,2H2,1H3,(H,9,10). The highest BCUT2D eigenvalue weighted by atomic mass is 16.7. The molecule has 1 atom stereocenters. The van der Waals surface area contributed by atoms with Crippen LogP contribution < -0.4 is 5.48 Å². The monoisotopic (exact) mass is 163 g/mol. The van der Waals surface area contributed by atoms with Gasteiger partial charge in [-0.1, -0.05) is 0 Å². The van der Waals surface area contributed by atoms with E-state index in [-0.39, 0.29) is 0 Å². The van der Waals surface area contributed by atoms with Gasteiger partial charge in [0.25, 0.3) is 0 Å². The number of rotatable bonds is 4. The molecule has 0 radical (unpaired) electrons. The molecule has 0 bridgehead atoms. The zero-order chi connectivity index (χ0) is 8.85. The first-order valence-corrected chi connectivity index (χ1v) is 2.84. The number of carboxylic acids is 1. The van der Waals surface area contributed by atoms with Crippen molar-refractivity contribution in [3.63, 3.8) is 0 Å². The van der Waals surface area contributed by atoms with E-state index in [1.165, 1.54) is 0 Å². The van der Waals surface area contributed by atoms with Gasteiger partial charge in [0.2, 0.25) is 0 Å². The minimum absolute atomic E-state index is 0.636. The van der Waals surface area contributed by atoms with Crippen LogP contribution in [-0.2, 0) is 14.4 Å². The molecular weight excluding hydrogens is 154 g/mol. The van der Waals surface area contributed by atoms with Crippen molar-refractivity contribution in [2.75, 3.05) is 6.61 Å². The molecule has 64 valence electrons. The second kappa shape index (κ2) is 4.64. The topological polar surface area (TPSA) is 95.9 Å². The summed E-state index contributed by atoms with van der Waals surface area (Å²) in [5.41, 5.74) is 1.87. The van der Waals surface area contributed by atoms with Crippen LogP contribution in [0.25, 0.3) is 0 Å². The van der Waals surface area contributed by atoms with E-state index in [1.54, 1.807) is 0 Å². The van der Waals surface area contributed by atoms with Crippen LogP contribution in [0.2, 0.25) is 0 Å². The van der Waals surface area contributed by atoms with E-state index in [4.69, 9.17) is 10.2 Å². The van der Waals surface area contributed by atoms with Crippen LogP contribution in [0.15, 0.2) is 0 Å². The van der Waals surface area contributed by atoms with Crippen molar-refractivity contribution in [3.8, 4) is 0 Å². The Morgan fingerprint density at radius 1 is 1.64 bits per heavy atom. The average molecular weight is 163 g/mol. The first-order chi connectivity index (χ1) is 5.07. The lowest BCUT2D eigenvalue weighted by molar-refractivity contribution is -0.157. The lowest BCUT2D eigenvalue weighted by Gasteiger charge is -2.08. The summed E-state index contributed by atoms with van der Waals surface area (Å²) in [6.45, 7) is 0.478. The largest absolute Gasteiger partial charge is 0.480 e. The van der Waals surface area contributed by atoms with Crippen LogP contribution in [0, 0.1) is 0 Å². The SMILES string of the molecule is CC(=O)ONC(CO)C(=O)O. The van der Waals surface area contributed by atoms with Crippen LogP contribution in [0.4, 0.5) is 0 Å². The van der Waals surface area contributed by atoms with Gasteiger partial charge in [-0.15, -0.1) is 5.48 Å². The third-order valence-electron chi connectivity index (χ3n) is 0.826. The Bertz CT molecular complexity index is 157. The second-order valence-electron chi connectivity index (χ2n) is 1.78. The van der Waals surface area contributed by atoms with Crippen molar-refractivity contribution in [1.29, 1.82) is 0 Å². The van der Waals surface area contributed by atoms with Crippen LogP contribution in [0.1, 0.15) is 6.92 Å². The summed E-state index contributed by atoms with van der Waals surface area (Å²) in [5.74, 6) is -1.95. The molecule has 0 rings (SSSR count). The van der Waals surface area contributed by atoms with Crippen molar-refractivity contribution in [2.24, 2.45) is 0 Å². The molecule has 0 aromatic carbocycles. The number of carbonyl (C=O) groups excluding carboxylic acids is 1. The number of hydroxylamine groups is 1. The summed E-state index contributed by atoms with van der Waals surface area (Å²) < 4.78 is 0. The zero-order valence-electron chi connectivity index (χ0n) is 5.90. The number of aliphatic hydroxyl groups is 1. The Balaban J connectivity index is 3.70. The number of aliphatic hydroxyl groups excluding tert-OH is 1. The summed E-state index contributed by atoms with van der Waals surface area (Å²) in [7, 11) is 0. The Hall–Kier alpha value is -1.14. The highest BCUT2D eigenvalue weighted by Crippen LogP contribution is 1.82. The molecule has 0 amide bonds. The third kappa shape index (κ3) is 4.29. The number of nitrogens with one attached hydrogen (secondary N) is 1. The fraction of sp³-hybridized carbons (Fsp3) is 0.600. The van der Waals surface area contributed by atoms with Crippen molar-refractivity contribution >= 4 is 11.9 Å². The molecule has 0 fully saturated rings. The average Bonchev–Trinajstić information content (AvgIpc) is 1.87. The lowest BCUT2D eigenvalue weighted by Crippen LogP contribution is -2.40. The van der Waals surface area contributed by atoms with Gasteiger partial charge in [0.15, 0.2) is 6.04 Å². The molecule has 3 N–H and O–H groups in total. The summed E-state index contributed by atoms with van der Waals surface area (Å²) in [4.78, 5) is 24.4. The van der Waals surface area contributed by atoms with Crippen LogP contribution >= 0.6 is 0 Å². The van der Waals surface area contributed by atoms with Gasteiger partial charge in [-0.25, -0.2) is 0 Å². The number of carboxylic acid groups (broad SMARTS) is 1. The summed E-state index contributed by atoms with van der Waals surface area (Å²) in [5, 5.41) is 16.6. The smallest absolute Gasteiger partial charge is 0.326 e. The number of hydrogen-bond donors (Lipinski definition) is 3. The van der Waals surface area contributed by atoms with Crippen LogP contribution in [-0.4, -0.2) is 34.8 Å². The maximum Gasteiger partial charge on any atom is 0.326 e. The highest BCUT2D eigenvalue weighted by Gasteiger charge is 2.16. The van der Waals surface area contributed by atoms with Gasteiger partial charge in [0.1, 0.15) is 0 Å². The van der Waals surface area contributed by atoms with E-state index in [0.29, 0.717) is 0 Å². The predicted octanol–water partition coefficient (Wildman–Crippen LogP) is -1.50. The van der Waals surface area contributed by atoms with Gasteiger partial charge >= 0.3 is 11.9 Å². The Morgan fingerprint density at radius 3 is 2.45 bits per heavy atom. The van der Waals surface area contributed by atoms with E-state index in [1.807, 2.05) is 5.48 Å². The van der Waals surface area contributed by atoms with Gasteiger partial charge < -0.3 is 15.1 Å². The van der Waals surface area contributed by atoms with E-state index in [9.17, 15) is 9.59 Å². The number of carbonyl (C=O) groups is 2. The molecule has 0 aliphatic heterocycles. The molecule has 0 saturated heterocycles. The summed E-state index contributed by atoms with van der Waals surface area (Å²) in [6.07, 6.45) is 0. The zero-order valence-corrected chi connectivity index (χ0v) is 5.90. The molecule has 0 aromatic heterocycles. The first kappa shape index (κ1) is 9.86. The highest BCUT2D eigenvalue weighted by molar-refractivity contribution is 5.74. The maximum absolute atomic E-state index is 10.1. The van der Waals surface area contributed by atoms with Gasteiger partial charge in [-0.3, -0.25) is 9.59 Å². The molecule has 1 unspecified atom stereocenters. The third-order valence-corrected chi connectivity index (χ3v) is 0.826.